The van der Waals surface area contributed by atoms with E-state index in [1.165, 1.54) is 6.26 Å². The lowest BCUT2D eigenvalue weighted by Gasteiger charge is -1.99. The fraction of sp³-hybridized carbons (Fsp3) is 0.158. The summed E-state index contributed by atoms with van der Waals surface area (Å²) >= 11 is 7.37. The Labute approximate surface area is 171 Å². The third kappa shape index (κ3) is 5.52. The Morgan fingerprint density at radius 3 is 2.61 bits per heavy atom. The first-order valence-electron chi connectivity index (χ1n) is 8.02. The molecule has 6 nitrogen and oxygen atoms in total. The average molecular weight is 435 g/mol. The van der Waals surface area contributed by atoms with Crippen molar-refractivity contribution in [3.8, 4) is 11.8 Å². The molecule has 28 heavy (non-hydrogen) atoms. The number of hydrogen-bond acceptors (Lipinski definition) is 5. The monoisotopic (exact) mass is 434 g/mol. The van der Waals surface area contributed by atoms with Gasteiger partial charge >= 0.3 is 5.97 Å². The first-order chi connectivity index (χ1) is 13.2. The SMILES string of the molecule is CS(=O)(=O)Cc1ccc(C#Cc2cc3[nH]c(SCC(=O)O)nc3cc2Cl)cc1. The minimum Gasteiger partial charge on any atom is -0.481 e. The zero-order chi connectivity index (χ0) is 20.3. The maximum Gasteiger partial charge on any atom is 0.313 e. The lowest BCUT2D eigenvalue weighted by molar-refractivity contribution is -0.133. The third-order valence-electron chi connectivity index (χ3n) is 3.61. The highest BCUT2D eigenvalue weighted by atomic mass is 35.5. The molecule has 1 aromatic heterocycles. The number of halogens is 1. The first kappa shape index (κ1) is 20.3. The van der Waals surface area contributed by atoms with E-state index in [1.54, 1.807) is 36.4 Å². The van der Waals surface area contributed by atoms with Gasteiger partial charge in [0.1, 0.15) is 0 Å². The lowest BCUT2D eigenvalue weighted by atomic mass is 10.1. The molecule has 0 aliphatic heterocycles. The van der Waals surface area contributed by atoms with E-state index in [0.29, 0.717) is 32.3 Å². The number of imidazole rings is 1. The van der Waals surface area contributed by atoms with Crippen LogP contribution >= 0.6 is 23.4 Å². The fourth-order valence-corrected chi connectivity index (χ4v) is 4.04. The molecule has 9 heteroatoms. The van der Waals surface area contributed by atoms with Crippen molar-refractivity contribution in [2.24, 2.45) is 0 Å². The van der Waals surface area contributed by atoms with Crippen molar-refractivity contribution >= 4 is 50.2 Å². The Morgan fingerprint density at radius 1 is 1.25 bits per heavy atom. The Balaban J connectivity index is 1.82. The maximum atomic E-state index is 11.3. The number of fused-ring (bicyclic) bond motifs is 1. The molecule has 0 bridgehead atoms. The predicted octanol–water partition coefficient (Wildman–Crippen LogP) is 3.34. The van der Waals surface area contributed by atoms with E-state index in [9.17, 15) is 13.2 Å². The number of rotatable bonds is 5. The molecule has 0 saturated carbocycles. The zero-order valence-electron chi connectivity index (χ0n) is 14.7. The summed E-state index contributed by atoms with van der Waals surface area (Å²) < 4.78 is 22.7. The molecule has 0 spiro atoms. The number of carboxylic acids is 1. The van der Waals surface area contributed by atoms with Crippen LogP contribution in [0, 0.1) is 11.8 Å². The third-order valence-corrected chi connectivity index (χ3v) is 5.63. The molecule has 0 unspecified atom stereocenters. The number of carboxylic acid groups (broad SMARTS) is 1. The number of sulfone groups is 1. The molecule has 3 rings (SSSR count). The van der Waals surface area contributed by atoms with Gasteiger partial charge in [0.05, 0.1) is 27.6 Å². The summed E-state index contributed by atoms with van der Waals surface area (Å²) in [4.78, 5) is 18.0. The van der Waals surface area contributed by atoms with Gasteiger partial charge in [-0.25, -0.2) is 13.4 Å². The quantitative estimate of drug-likeness (QED) is 0.472. The molecule has 0 radical (unpaired) electrons. The normalized spacial score (nSPS) is 11.2. The van der Waals surface area contributed by atoms with Gasteiger partial charge < -0.3 is 10.1 Å². The second kappa shape index (κ2) is 8.27. The molecular formula is C19H15ClN2O4S2. The summed E-state index contributed by atoms with van der Waals surface area (Å²) in [6.07, 6.45) is 1.19. The predicted molar refractivity (Wildman–Crippen MR) is 110 cm³/mol. The van der Waals surface area contributed by atoms with E-state index in [-0.39, 0.29) is 11.5 Å². The number of H-pyrrole nitrogens is 1. The fourth-order valence-electron chi connectivity index (χ4n) is 2.43. The smallest absolute Gasteiger partial charge is 0.313 e. The summed E-state index contributed by atoms with van der Waals surface area (Å²) in [6.45, 7) is 0. The summed E-state index contributed by atoms with van der Waals surface area (Å²) in [5.74, 6) is 4.99. The number of nitrogens with one attached hydrogen (secondary N) is 1. The molecule has 0 atom stereocenters. The Morgan fingerprint density at radius 2 is 1.96 bits per heavy atom. The minimum atomic E-state index is -3.08. The number of aromatic amines is 1. The van der Waals surface area contributed by atoms with Crippen molar-refractivity contribution in [3.63, 3.8) is 0 Å². The van der Waals surface area contributed by atoms with Crippen molar-refractivity contribution in [2.75, 3.05) is 12.0 Å². The molecule has 0 amide bonds. The largest absolute Gasteiger partial charge is 0.481 e. The van der Waals surface area contributed by atoms with Crippen LogP contribution in [0.3, 0.4) is 0 Å². The van der Waals surface area contributed by atoms with E-state index in [0.717, 1.165) is 17.3 Å². The van der Waals surface area contributed by atoms with E-state index in [1.807, 2.05) is 0 Å². The van der Waals surface area contributed by atoms with Gasteiger partial charge in [-0.3, -0.25) is 4.79 Å². The molecule has 2 aromatic carbocycles. The van der Waals surface area contributed by atoms with Crippen molar-refractivity contribution < 1.29 is 18.3 Å². The van der Waals surface area contributed by atoms with Gasteiger partial charge in [0.15, 0.2) is 15.0 Å². The summed E-state index contributed by atoms with van der Waals surface area (Å²) in [5, 5.41) is 9.70. The summed E-state index contributed by atoms with van der Waals surface area (Å²) in [5.41, 5.74) is 3.39. The number of carbonyl (C=O) groups is 1. The number of aromatic nitrogens is 2. The van der Waals surface area contributed by atoms with E-state index < -0.39 is 15.8 Å². The second-order valence-corrected chi connectivity index (χ2v) is 9.60. The van der Waals surface area contributed by atoms with E-state index in [2.05, 4.69) is 21.8 Å². The number of nitrogens with zero attached hydrogens (tertiary/aromatic N) is 1. The molecule has 0 aliphatic carbocycles. The molecule has 144 valence electrons. The minimum absolute atomic E-state index is 0.00868. The van der Waals surface area contributed by atoms with Gasteiger partial charge in [-0.2, -0.15) is 0 Å². The number of benzene rings is 2. The van der Waals surface area contributed by atoms with Crippen molar-refractivity contribution in [3.05, 3.63) is 58.1 Å². The van der Waals surface area contributed by atoms with Gasteiger partial charge in [-0.05, 0) is 29.8 Å². The topological polar surface area (TPSA) is 100 Å². The Kier molecular flexibility index (Phi) is 5.98. The van der Waals surface area contributed by atoms with Crippen LogP contribution in [0.2, 0.25) is 5.02 Å². The molecule has 1 heterocycles. The number of aliphatic carboxylic acids is 1. The van der Waals surface area contributed by atoms with Crippen LogP contribution in [-0.4, -0.2) is 41.5 Å². The van der Waals surface area contributed by atoms with Crippen LogP contribution in [0.4, 0.5) is 0 Å². The highest BCUT2D eigenvalue weighted by Crippen LogP contribution is 2.25. The van der Waals surface area contributed by atoms with Crippen LogP contribution in [0.1, 0.15) is 16.7 Å². The second-order valence-electron chi connectivity index (χ2n) is 6.09. The number of hydrogen-bond donors (Lipinski definition) is 2. The Hall–Kier alpha value is -2.47. The molecule has 0 aliphatic rings. The number of thioether (sulfide) groups is 1. The molecule has 0 saturated heterocycles. The standard InChI is InChI=1S/C19H15ClN2O4S2/c1-28(25,26)11-13-4-2-12(3-5-13)6-7-14-8-16-17(9-15(14)20)22-19(21-16)27-10-18(23)24/h2-5,8-9H,10-11H2,1H3,(H,21,22)(H,23,24). The highest BCUT2D eigenvalue weighted by Gasteiger charge is 2.09. The first-order valence-corrected chi connectivity index (χ1v) is 11.4. The Bertz CT molecular complexity index is 1210. The van der Waals surface area contributed by atoms with Gasteiger partial charge in [0.25, 0.3) is 0 Å². The molecular weight excluding hydrogens is 420 g/mol. The summed E-state index contributed by atoms with van der Waals surface area (Å²) in [7, 11) is -3.08. The highest BCUT2D eigenvalue weighted by molar-refractivity contribution is 7.99. The van der Waals surface area contributed by atoms with Crippen molar-refractivity contribution in [1.29, 1.82) is 0 Å². The molecule has 3 aromatic rings. The van der Waals surface area contributed by atoms with Gasteiger partial charge in [-0.15, -0.1) is 0 Å². The van der Waals surface area contributed by atoms with Crippen LogP contribution in [0.15, 0.2) is 41.6 Å². The van der Waals surface area contributed by atoms with Gasteiger partial charge in [-0.1, -0.05) is 47.3 Å². The van der Waals surface area contributed by atoms with E-state index >= 15 is 0 Å². The maximum absolute atomic E-state index is 11.3. The lowest BCUT2D eigenvalue weighted by Crippen LogP contribution is -2.00. The van der Waals surface area contributed by atoms with E-state index in [4.69, 9.17) is 16.7 Å². The van der Waals surface area contributed by atoms with Gasteiger partial charge in [0, 0.05) is 17.4 Å². The van der Waals surface area contributed by atoms with Crippen LogP contribution in [0.5, 0.6) is 0 Å². The van der Waals surface area contributed by atoms with Gasteiger partial charge in [0.2, 0.25) is 0 Å². The van der Waals surface area contributed by atoms with Crippen LogP contribution in [0.25, 0.3) is 11.0 Å². The molecule has 0 fully saturated rings. The average Bonchev–Trinajstić information content (AvgIpc) is 2.99. The molecule has 2 N–H and O–H groups in total. The summed E-state index contributed by atoms with van der Waals surface area (Å²) in [6, 6.07) is 10.4. The van der Waals surface area contributed by atoms with Crippen molar-refractivity contribution in [2.45, 2.75) is 10.9 Å². The van der Waals surface area contributed by atoms with Crippen LogP contribution in [-0.2, 0) is 20.4 Å². The van der Waals surface area contributed by atoms with Crippen LogP contribution < -0.4 is 0 Å². The van der Waals surface area contributed by atoms with Crippen molar-refractivity contribution in [1.82, 2.24) is 9.97 Å². The zero-order valence-corrected chi connectivity index (χ0v) is 17.1.